The van der Waals surface area contributed by atoms with Crippen molar-refractivity contribution in [2.24, 2.45) is 0 Å². The normalized spacial score (nSPS) is 17.8. The van der Waals surface area contributed by atoms with Crippen LogP contribution < -0.4 is 14.4 Å². The summed E-state index contributed by atoms with van der Waals surface area (Å²) in [5.41, 5.74) is 3.75. The number of carbonyl (C=O) groups excluding carboxylic acids is 2. The Kier molecular flexibility index (Phi) is 5.92. The molecule has 1 unspecified atom stereocenters. The molecule has 2 heterocycles. The van der Waals surface area contributed by atoms with Crippen LogP contribution in [0, 0.1) is 6.92 Å². The van der Waals surface area contributed by atoms with Crippen molar-refractivity contribution >= 4 is 23.1 Å². The number of fused-ring (bicyclic) bond motifs is 1. The van der Waals surface area contributed by atoms with Gasteiger partial charge in [-0.25, -0.2) is 0 Å². The fourth-order valence-corrected chi connectivity index (χ4v) is 5.04. The first-order valence-electron chi connectivity index (χ1n) is 12.5. The molecule has 2 aliphatic rings. The summed E-state index contributed by atoms with van der Waals surface area (Å²) in [5, 5.41) is 11.4. The van der Waals surface area contributed by atoms with Crippen molar-refractivity contribution in [2.45, 2.75) is 19.4 Å². The second kappa shape index (κ2) is 9.56. The molecule has 0 aromatic heterocycles. The van der Waals surface area contributed by atoms with Crippen LogP contribution in [0.4, 0.5) is 5.69 Å². The van der Waals surface area contributed by atoms with Gasteiger partial charge >= 0.3 is 0 Å². The average Bonchev–Trinajstić information content (AvgIpc) is 3.51. The number of amides is 1. The fraction of sp³-hybridized carbons (Fsp3) is 0.125. The summed E-state index contributed by atoms with van der Waals surface area (Å²) in [7, 11) is 0. The quantitative estimate of drug-likeness (QED) is 0.195. The second-order valence-electron chi connectivity index (χ2n) is 9.41. The van der Waals surface area contributed by atoms with Crippen LogP contribution in [-0.2, 0) is 16.0 Å². The minimum absolute atomic E-state index is 0.0593. The molecule has 4 aromatic carbocycles. The summed E-state index contributed by atoms with van der Waals surface area (Å²) in [6.07, 6.45) is 0.726. The highest BCUT2D eigenvalue weighted by atomic mass is 16.5. The SMILES string of the molecule is Cc1cccc(C2/C(=C(/O)c3ccc4c(c3)CCO4)C(=O)C(=O)N2c2ccc(Oc3ccccc3)cc2)c1. The maximum absolute atomic E-state index is 13.5. The molecule has 38 heavy (non-hydrogen) atoms. The van der Waals surface area contributed by atoms with Gasteiger partial charge in [-0.15, -0.1) is 0 Å². The van der Waals surface area contributed by atoms with Crippen molar-refractivity contribution in [2.75, 3.05) is 11.5 Å². The van der Waals surface area contributed by atoms with E-state index < -0.39 is 17.7 Å². The number of nitrogens with zero attached hydrogens (tertiary/aromatic N) is 1. The second-order valence-corrected chi connectivity index (χ2v) is 9.41. The maximum Gasteiger partial charge on any atom is 0.300 e. The molecule has 0 aliphatic carbocycles. The van der Waals surface area contributed by atoms with Crippen LogP contribution in [0.3, 0.4) is 0 Å². The zero-order chi connectivity index (χ0) is 26.2. The first-order valence-corrected chi connectivity index (χ1v) is 12.5. The van der Waals surface area contributed by atoms with Crippen LogP contribution >= 0.6 is 0 Å². The largest absolute Gasteiger partial charge is 0.507 e. The van der Waals surface area contributed by atoms with Gasteiger partial charge in [0.25, 0.3) is 11.7 Å². The Hall–Kier alpha value is -4.84. The van der Waals surface area contributed by atoms with E-state index in [4.69, 9.17) is 9.47 Å². The summed E-state index contributed by atoms with van der Waals surface area (Å²) >= 11 is 0. The van der Waals surface area contributed by atoms with Gasteiger partial charge < -0.3 is 14.6 Å². The van der Waals surface area contributed by atoms with Crippen LogP contribution in [-0.4, -0.2) is 23.4 Å². The molecule has 1 saturated heterocycles. The molecule has 1 atom stereocenters. The molecule has 6 rings (SSSR count). The van der Waals surface area contributed by atoms with Crippen LogP contribution in [0.2, 0.25) is 0 Å². The van der Waals surface area contributed by atoms with Crippen molar-refractivity contribution in [3.05, 3.63) is 125 Å². The number of aliphatic hydroxyl groups excluding tert-OH is 1. The highest BCUT2D eigenvalue weighted by molar-refractivity contribution is 6.51. The van der Waals surface area contributed by atoms with Gasteiger partial charge in [0.1, 0.15) is 23.0 Å². The van der Waals surface area contributed by atoms with Gasteiger partial charge in [0.2, 0.25) is 0 Å². The third-order valence-electron chi connectivity index (χ3n) is 6.86. The smallest absolute Gasteiger partial charge is 0.300 e. The van der Waals surface area contributed by atoms with Crippen molar-refractivity contribution in [1.82, 2.24) is 0 Å². The molecule has 0 saturated carbocycles. The minimum atomic E-state index is -0.791. The number of benzene rings is 4. The molecule has 188 valence electrons. The molecule has 4 aromatic rings. The number of aliphatic hydroxyl groups is 1. The number of carbonyl (C=O) groups is 2. The van der Waals surface area contributed by atoms with Gasteiger partial charge in [0.05, 0.1) is 18.2 Å². The zero-order valence-corrected chi connectivity index (χ0v) is 20.8. The van der Waals surface area contributed by atoms with E-state index in [1.54, 1.807) is 36.4 Å². The van der Waals surface area contributed by atoms with Crippen LogP contribution in [0.1, 0.15) is 28.3 Å². The van der Waals surface area contributed by atoms with E-state index in [0.717, 1.165) is 28.9 Å². The Balaban J connectivity index is 1.43. The number of aryl methyl sites for hydroxylation is 1. The Labute approximate surface area is 220 Å². The predicted molar refractivity (Wildman–Crippen MR) is 145 cm³/mol. The van der Waals surface area contributed by atoms with E-state index in [9.17, 15) is 14.7 Å². The topological polar surface area (TPSA) is 76.1 Å². The minimum Gasteiger partial charge on any atom is -0.507 e. The molecule has 1 amide bonds. The Bertz CT molecular complexity index is 1570. The lowest BCUT2D eigenvalue weighted by Gasteiger charge is -2.26. The van der Waals surface area contributed by atoms with Gasteiger partial charge in [0.15, 0.2) is 0 Å². The molecule has 1 fully saturated rings. The summed E-state index contributed by atoms with van der Waals surface area (Å²) in [6, 6.07) is 28.6. The maximum atomic E-state index is 13.5. The van der Waals surface area contributed by atoms with Gasteiger partial charge in [-0.2, -0.15) is 0 Å². The fourth-order valence-electron chi connectivity index (χ4n) is 5.04. The van der Waals surface area contributed by atoms with Crippen LogP contribution in [0.15, 0.2) is 103 Å². The number of Topliss-reactive ketones (excluding diaryl/α,β-unsaturated/α-hetero) is 1. The molecular weight excluding hydrogens is 478 g/mol. The first-order chi connectivity index (χ1) is 18.5. The standard InChI is InChI=1S/C32H25NO5/c1-20-6-5-7-22(18-20)29-28(30(34)23-10-15-27-21(19-23)16-17-37-27)31(35)32(36)33(29)24-11-13-26(14-12-24)38-25-8-3-2-4-9-25/h2-15,18-19,29,34H,16-17H2,1H3/b30-28-. The van der Waals surface area contributed by atoms with Crippen LogP contribution in [0.5, 0.6) is 17.2 Å². The molecule has 6 heteroatoms. The number of hydrogen-bond acceptors (Lipinski definition) is 5. The van der Waals surface area contributed by atoms with Crippen molar-refractivity contribution in [1.29, 1.82) is 0 Å². The molecular formula is C32H25NO5. The molecule has 0 radical (unpaired) electrons. The lowest BCUT2D eigenvalue weighted by Crippen LogP contribution is -2.29. The van der Waals surface area contributed by atoms with E-state index in [0.29, 0.717) is 29.4 Å². The summed E-state index contributed by atoms with van der Waals surface area (Å²) < 4.78 is 11.5. The lowest BCUT2D eigenvalue weighted by atomic mass is 9.93. The first kappa shape index (κ1) is 23.6. The third-order valence-corrected chi connectivity index (χ3v) is 6.86. The Morgan fingerprint density at radius 2 is 1.66 bits per heavy atom. The van der Waals surface area contributed by atoms with Gasteiger partial charge in [-0.3, -0.25) is 14.5 Å². The zero-order valence-electron chi connectivity index (χ0n) is 20.8. The number of rotatable bonds is 5. The summed E-state index contributed by atoms with van der Waals surface area (Å²) in [5.74, 6) is 0.449. The predicted octanol–water partition coefficient (Wildman–Crippen LogP) is 6.35. The van der Waals surface area contributed by atoms with Crippen molar-refractivity contribution in [3.63, 3.8) is 0 Å². The van der Waals surface area contributed by atoms with Gasteiger partial charge in [-0.1, -0.05) is 48.0 Å². The van der Waals surface area contributed by atoms with E-state index in [1.165, 1.54) is 4.90 Å². The lowest BCUT2D eigenvalue weighted by molar-refractivity contribution is -0.132. The Morgan fingerprint density at radius 3 is 2.42 bits per heavy atom. The van der Waals surface area contributed by atoms with Crippen molar-refractivity contribution in [3.8, 4) is 17.2 Å². The molecule has 0 spiro atoms. The van der Waals surface area contributed by atoms with Gasteiger partial charge in [-0.05, 0) is 72.6 Å². The molecule has 6 nitrogen and oxygen atoms in total. The number of para-hydroxylation sites is 1. The van der Waals surface area contributed by atoms with E-state index in [2.05, 4.69) is 0 Å². The van der Waals surface area contributed by atoms with Gasteiger partial charge in [0, 0.05) is 17.7 Å². The van der Waals surface area contributed by atoms with Crippen LogP contribution in [0.25, 0.3) is 5.76 Å². The molecule has 1 N–H and O–H groups in total. The van der Waals surface area contributed by atoms with E-state index in [1.807, 2.05) is 67.6 Å². The Morgan fingerprint density at radius 1 is 0.895 bits per heavy atom. The van der Waals surface area contributed by atoms with Crippen molar-refractivity contribution < 1.29 is 24.2 Å². The third kappa shape index (κ3) is 4.20. The monoisotopic (exact) mass is 503 g/mol. The average molecular weight is 504 g/mol. The summed E-state index contributed by atoms with van der Waals surface area (Å²) in [6.45, 7) is 2.53. The number of ketones is 1. The molecule has 2 aliphatic heterocycles. The van der Waals surface area contributed by atoms with E-state index >= 15 is 0 Å². The number of anilines is 1. The number of ether oxygens (including phenoxy) is 2. The highest BCUT2D eigenvalue weighted by Crippen LogP contribution is 2.43. The highest BCUT2D eigenvalue weighted by Gasteiger charge is 2.47. The van der Waals surface area contributed by atoms with E-state index in [-0.39, 0.29) is 11.3 Å². The summed E-state index contributed by atoms with van der Waals surface area (Å²) in [4.78, 5) is 28.4. The molecule has 0 bridgehead atoms. The number of hydrogen-bond donors (Lipinski definition) is 1.